The Balaban J connectivity index is 2.23. The zero-order chi connectivity index (χ0) is 6.69. The van der Waals surface area contributed by atoms with Gasteiger partial charge in [0.25, 0.3) is 0 Å². The van der Waals surface area contributed by atoms with Gasteiger partial charge in [-0.1, -0.05) is 13.8 Å². The molecule has 0 atom stereocenters. The van der Waals surface area contributed by atoms with Crippen LogP contribution in [0.2, 0.25) is 0 Å². The fraction of sp³-hybridized carbons (Fsp3) is 0.500. The van der Waals surface area contributed by atoms with Gasteiger partial charge >= 0.3 is 0 Å². The van der Waals surface area contributed by atoms with E-state index in [-0.39, 0.29) is 0 Å². The van der Waals surface area contributed by atoms with Crippen LogP contribution in [0.3, 0.4) is 0 Å². The van der Waals surface area contributed by atoms with Crippen LogP contribution in [0.25, 0.3) is 0 Å². The molecule has 0 N–H and O–H groups in total. The molecule has 0 aromatic carbocycles. The third-order valence-electron chi connectivity index (χ3n) is 1.31. The minimum absolute atomic E-state index is 0.523. The molecule has 1 saturated heterocycles. The molecule has 0 bridgehead atoms. The maximum Gasteiger partial charge on any atom is 0.103 e. The Bertz CT molecular complexity index is 72.6. The minimum Gasteiger partial charge on any atom is -0.371 e. The van der Waals surface area contributed by atoms with E-state index < -0.39 is 0 Å². The summed E-state index contributed by atoms with van der Waals surface area (Å²) in [7, 11) is 0. The van der Waals surface area contributed by atoms with Crippen molar-refractivity contribution in [2.45, 2.75) is 13.8 Å². The summed E-state index contributed by atoms with van der Waals surface area (Å²) in [5.41, 5.74) is 0. The van der Waals surface area contributed by atoms with Crippen LogP contribution in [0.15, 0.2) is 0 Å². The van der Waals surface area contributed by atoms with Crippen LogP contribution in [0.5, 0.6) is 0 Å². The molecule has 1 aliphatic heterocycles. The monoisotopic (exact) mass is 124 g/mol. The number of hydrogen-bond donors (Lipinski definition) is 0. The Morgan fingerprint density at radius 2 is 2.33 bits per heavy atom. The van der Waals surface area contributed by atoms with Crippen molar-refractivity contribution in [3.63, 3.8) is 0 Å². The molecule has 0 aromatic heterocycles. The largest absolute Gasteiger partial charge is 0.371 e. The average Bonchev–Trinajstić information content (AvgIpc) is 1.90. The van der Waals surface area contributed by atoms with E-state index in [1.165, 1.54) is 0 Å². The lowest BCUT2D eigenvalue weighted by Gasteiger charge is -2.23. The van der Waals surface area contributed by atoms with Crippen LogP contribution in [-0.2, 0) is 4.74 Å². The molecule has 1 aliphatic rings. The van der Waals surface area contributed by atoms with Crippen molar-refractivity contribution in [2.24, 2.45) is 5.92 Å². The van der Waals surface area contributed by atoms with Crippen molar-refractivity contribution in [1.82, 2.24) is 0 Å². The van der Waals surface area contributed by atoms with Crippen LogP contribution in [0.4, 0.5) is 0 Å². The molecule has 1 rings (SSSR count). The minimum atomic E-state index is 0.523. The van der Waals surface area contributed by atoms with Gasteiger partial charge in [0.2, 0.25) is 0 Å². The van der Waals surface area contributed by atoms with Gasteiger partial charge in [-0.2, -0.15) is 0 Å². The first kappa shape index (κ1) is 7.07. The van der Waals surface area contributed by atoms with Crippen molar-refractivity contribution in [3.8, 4) is 0 Å². The normalized spacial score (nSPS) is 23.0. The number of rotatable bonds is 1. The van der Waals surface area contributed by atoms with Crippen molar-refractivity contribution in [3.05, 3.63) is 25.4 Å². The molecular formula is C8H12O. The van der Waals surface area contributed by atoms with Gasteiger partial charge in [-0.15, -0.1) is 0 Å². The Morgan fingerprint density at radius 1 is 1.56 bits per heavy atom. The first-order valence-corrected chi connectivity index (χ1v) is 3.30. The maximum atomic E-state index is 5.31. The highest BCUT2D eigenvalue weighted by Gasteiger charge is 2.18. The van der Waals surface area contributed by atoms with Crippen LogP contribution in [0, 0.1) is 31.3 Å². The fourth-order valence-corrected chi connectivity index (χ4v) is 0.770. The second-order valence-corrected chi connectivity index (χ2v) is 2.46. The lowest BCUT2D eigenvalue weighted by atomic mass is 9.99. The first-order chi connectivity index (χ1) is 4.30. The lowest BCUT2D eigenvalue weighted by Crippen LogP contribution is -2.17. The van der Waals surface area contributed by atoms with Crippen LogP contribution >= 0.6 is 0 Å². The van der Waals surface area contributed by atoms with Crippen LogP contribution in [-0.4, -0.2) is 6.61 Å². The zero-order valence-corrected chi connectivity index (χ0v) is 5.92. The Labute approximate surface area is 57.4 Å². The molecule has 1 nitrogen and oxygen atoms in total. The van der Waals surface area contributed by atoms with Crippen molar-refractivity contribution < 1.29 is 4.74 Å². The van der Waals surface area contributed by atoms with E-state index in [9.17, 15) is 0 Å². The molecule has 0 amide bonds. The maximum absolute atomic E-state index is 5.31. The summed E-state index contributed by atoms with van der Waals surface area (Å²) in [6.45, 7) is 5.00. The summed E-state index contributed by atoms with van der Waals surface area (Å²) in [6.07, 6.45) is 7.16. The van der Waals surface area contributed by atoms with Gasteiger partial charge in [-0.05, 0) is 18.8 Å². The molecule has 9 heavy (non-hydrogen) atoms. The van der Waals surface area contributed by atoms with E-state index in [1.54, 1.807) is 0 Å². The van der Waals surface area contributed by atoms with E-state index in [0.717, 1.165) is 12.7 Å². The summed E-state index contributed by atoms with van der Waals surface area (Å²) in [5.74, 6) is 0.523. The Kier molecular flexibility index (Phi) is 2.52. The van der Waals surface area contributed by atoms with Gasteiger partial charge in [0.1, 0.15) is 6.10 Å². The summed E-state index contributed by atoms with van der Waals surface area (Å²) in [6, 6.07) is 0. The third-order valence-corrected chi connectivity index (χ3v) is 1.31. The SMILES string of the molecule is CC(C)[C]1[CH][CH][CH]CO1. The van der Waals surface area contributed by atoms with Gasteiger partial charge in [0, 0.05) is 6.42 Å². The second kappa shape index (κ2) is 3.21. The van der Waals surface area contributed by atoms with E-state index in [1.807, 2.05) is 19.3 Å². The van der Waals surface area contributed by atoms with Gasteiger partial charge in [-0.3, -0.25) is 0 Å². The topological polar surface area (TPSA) is 9.23 Å². The smallest absolute Gasteiger partial charge is 0.103 e. The summed E-state index contributed by atoms with van der Waals surface area (Å²) >= 11 is 0. The van der Waals surface area contributed by atoms with Gasteiger partial charge in [0.05, 0.1) is 6.61 Å². The number of ether oxygens (including phenoxy) is 1. The molecule has 0 saturated carbocycles. The van der Waals surface area contributed by atoms with E-state index >= 15 is 0 Å². The van der Waals surface area contributed by atoms with E-state index in [2.05, 4.69) is 13.8 Å². The van der Waals surface area contributed by atoms with Gasteiger partial charge in [0.15, 0.2) is 0 Å². The molecular weight excluding hydrogens is 112 g/mol. The number of hydrogen-bond acceptors (Lipinski definition) is 1. The highest BCUT2D eigenvalue weighted by atomic mass is 16.5. The third kappa shape index (κ3) is 1.98. The summed E-state index contributed by atoms with van der Waals surface area (Å²) in [5, 5.41) is 0. The van der Waals surface area contributed by atoms with Gasteiger partial charge < -0.3 is 4.74 Å². The predicted molar refractivity (Wildman–Crippen MR) is 36.9 cm³/mol. The quantitative estimate of drug-likeness (QED) is 0.518. The molecule has 1 heteroatoms. The highest BCUT2D eigenvalue weighted by Crippen LogP contribution is 2.23. The van der Waals surface area contributed by atoms with Crippen molar-refractivity contribution in [1.29, 1.82) is 0 Å². The molecule has 1 heterocycles. The van der Waals surface area contributed by atoms with Crippen molar-refractivity contribution >= 4 is 0 Å². The second-order valence-electron chi connectivity index (χ2n) is 2.46. The zero-order valence-electron chi connectivity index (χ0n) is 5.92. The predicted octanol–water partition coefficient (Wildman–Crippen LogP) is 1.82. The lowest BCUT2D eigenvalue weighted by molar-refractivity contribution is 0.137. The van der Waals surface area contributed by atoms with E-state index in [0.29, 0.717) is 5.92 Å². The standard InChI is InChI=1S/C8H12O/c1-7(2)8-5-3-4-6-9-8/h3-5,7H,6H2,1-2H3. The fourth-order valence-electron chi connectivity index (χ4n) is 0.770. The Hall–Kier alpha value is -0.0400. The summed E-state index contributed by atoms with van der Waals surface area (Å²) < 4.78 is 5.31. The van der Waals surface area contributed by atoms with E-state index in [4.69, 9.17) is 4.74 Å². The Morgan fingerprint density at radius 3 is 2.67 bits per heavy atom. The molecule has 50 valence electrons. The first-order valence-electron chi connectivity index (χ1n) is 3.30. The van der Waals surface area contributed by atoms with Gasteiger partial charge in [-0.25, -0.2) is 0 Å². The van der Waals surface area contributed by atoms with Crippen LogP contribution in [0.1, 0.15) is 13.8 Å². The van der Waals surface area contributed by atoms with Crippen LogP contribution < -0.4 is 0 Å². The highest BCUT2D eigenvalue weighted by molar-refractivity contribution is 5.14. The molecule has 0 aromatic rings. The summed E-state index contributed by atoms with van der Waals surface area (Å²) in [4.78, 5) is 0. The molecule has 4 radical (unpaired) electrons. The van der Waals surface area contributed by atoms with Crippen molar-refractivity contribution in [2.75, 3.05) is 6.61 Å². The molecule has 0 spiro atoms. The molecule has 0 aliphatic carbocycles. The molecule has 1 fully saturated rings. The molecule has 0 unspecified atom stereocenters. The average molecular weight is 124 g/mol.